The lowest BCUT2D eigenvalue weighted by atomic mass is 9.92. The van der Waals surface area contributed by atoms with Gasteiger partial charge in [0.1, 0.15) is 35.1 Å². The Morgan fingerprint density at radius 1 is 1.06 bits per heavy atom. The predicted octanol–water partition coefficient (Wildman–Crippen LogP) is 5.34. The van der Waals surface area contributed by atoms with Crippen molar-refractivity contribution in [3.05, 3.63) is 66.4 Å². The van der Waals surface area contributed by atoms with Crippen LogP contribution in [0.1, 0.15) is 26.5 Å². The molecule has 9 nitrogen and oxygen atoms in total. The number of anilines is 2. The number of rotatable bonds is 5. The molecule has 0 aliphatic carbocycles. The summed E-state index contributed by atoms with van der Waals surface area (Å²) in [6.07, 6.45) is 3.00. The molecule has 0 radical (unpaired) electrons. The molecule has 4 aromatic rings. The number of amides is 2. The van der Waals surface area contributed by atoms with Crippen molar-refractivity contribution >= 4 is 17.5 Å². The number of carbonyl (C=O) groups excluding carboxylic acids is 1. The van der Waals surface area contributed by atoms with E-state index in [4.69, 9.17) is 9.26 Å². The van der Waals surface area contributed by atoms with Crippen molar-refractivity contribution in [1.29, 1.82) is 0 Å². The van der Waals surface area contributed by atoms with Crippen LogP contribution in [0.4, 0.5) is 20.7 Å². The summed E-state index contributed by atoms with van der Waals surface area (Å²) in [7, 11) is 1.73. The zero-order chi connectivity index (χ0) is 23.6. The van der Waals surface area contributed by atoms with Gasteiger partial charge < -0.3 is 14.6 Å². The second-order valence-electron chi connectivity index (χ2n) is 8.37. The monoisotopic (exact) mass is 450 g/mol. The highest BCUT2D eigenvalue weighted by molar-refractivity contribution is 5.99. The first-order valence-electron chi connectivity index (χ1n) is 10.2. The van der Waals surface area contributed by atoms with Crippen molar-refractivity contribution in [3.63, 3.8) is 0 Å². The summed E-state index contributed by atoms with van der Waals surface area (Å²) in [4.78, 5) is 16.6. The molecule has 0 unspecified atom stereocenters. The average molecular weight is 450 g/mol. The number of ether oxygens (including phenoxy) is 1. The van der Waals surface area contributed by atoms with E-state index in [0.29, 0.717) is 23.0 Å². The Balaban J connectivity index is 1.42. The molecule has 10 heteroatoms. The first-order valence-corrected chi connectivity index (χ1v) is 10.2. The van der Waals surface area contributed by atoms with Crippen LogP contribution >= 0.6 is 0 Å². The minimum absolute atomic E-state index is 0.0103. The zero-order valence-corrected chi connectivity index (χ0v) is 18.6. The van der Waals surface area contributed by atoms with E-state index in [-0.39, 0.29) is 16.9 Å². The molecule has 170 valence electrons. The van der Waals surface area contributed by atoms with Crippen molar-refractivity contribution in [2.24, 2.45) is 7.05 Å². The topological polar surface area (TPSA) is 107 Å². The molecule has 0 saturated carbocycles. The van der Waals surface area contributed by atoms with E-state index in [1.807, 2.05) is 20.8 Å². The van der Waals surface area contributed by atoms with E-state index in [1.165, 1.54) is 18.4 Å². The first kappa shape index (κ1) is 22.0. The van der Waals surface area contributed by atoms with Crippen LogP contribution in [0.2, 0.25) is 0 Å². The summed E-state index contributed by atoms with van der Waals surface area (Å²) < 4.78 is 26.7. The lowest BCUT2D eigenvalue weighted by Crippen LogP contribution is -2.21. The molecule has 3 heterocycles. The molecule has 0 spiro atoms. The second kappa shape index (κ2) is 8.73. The van der Waals surface area contributed by atoms with Gasteiger partial charge in [0, 0.05) is 42.9 Å². The zero-order valence-electron chi connectivity index (χ0n) is 18.6. The number of aromatic nitrogens is 4. The van der Waals surface area contributed by atoms with Crippen LogP contribution in [0.3, 0.4) is 0 Å². The number of urea groups is 1. The van der Waals surface area contributed by atoms with Gasteiger partial charge in [0.05, 0.1) is 17.1 Å². The molecule has 0 fully saturated rings. The summed E-state index contributed by atoms with van der Waals surface area (Å²) >= 11 is 0. The minimum Gasteiger partial charge on any atom is -0.457 e. The number of pyridine rings is 1. The molecule has 2 amide bonds. The van der Waals surface area contributed by atoms with Gasteiger partial charge in [-0.25, -0.2) is 9.18 Å². The van der Waals surface area contributed by atoms with E-state index in [9.17, 15) is 9.18 Å². The third-order valence-corrected chi connectivity index (χ3v) is 4.75. The summed E-state index contributed by atoms with van der Waals surface area (Å²) in [6, 6.07) is 10.3. The third kappa shape index (κ3) is 5.17. The molecule has 0 saturated heterocycles. The van der Waals surface area contributed by atoms with E-state index in [0.717, 1.165) is 5.69 Å². The number of aryl methyl sites for hydroxylation is 1. The van der Waals surface area contributed by atoms with Crippen LogP contribution in [-0.2, 0) is 12.5 Å². The average Bonchev–Trinajstić information content (AvgIpc) is 3.41. The SMILES string of the molecule is Cn1nc(C(C)(C)C)cc1NC(=O)Nc1ccc(Oc2ccnc(-c3ccon3)c2)cc1F. The van der Waals surface area contributed by atoms with Crippen LogP contribution in [0.25, 0.3) is 11.4 Å². The third-order valence-electron chi connectivity index (χ3n) is 4.75. The maximum atomic E-state index is 14.6. The van der Waals surface area contributed by atoms with E-state index in [2.05, 4.69) is 25.9 Å². The summed E-state index contributed by atoms with van der Waals surface area (Å²) in [6.45, 7) is 6.08. The quantitative estimate of drug-likeness (QED) is 0.425. The molecule has 4 rings (SSSR count). The Labute approximate surface area is 189 Å². The molecule has 3 aromatic heterocycles. The number of hydrogen-bond acceptors (Lipinski definition) is 6. The van der Waals surface area contributed by atoms with Gasteiger partial charge in [0.2, 0.25) is 0 Å². The van der Waals surface area contributed by atoms with Crippen LogP contribution < -0.4 is 15.4 Å². The van der Waals surface area contributed by atoms with Crippen LogP contribution in [-0.4, -0.2) is 26.0 Å². The predicted molar refractivity (Wildman–Crippen MR) is 121 cm³/mol. The standard InChI is InChI=1S/C23H23FN6O3/c1-23(2,3)20-13-21(30(4)28-20)27-22(31)26-17-6-5-14(11-16(17)24)33-15-7-9-25-19(12-15)18-8-10-32-29-18/h5-13H,1-4H3,(H2,26,27,31). The minimum atomic E-state index is -0.645. The fraction of sp³-hybridized carbons (Fsp3) is 0.217. The Morgan fingerprint density at radius 2 is 1.85 bits per heavy atom. The highest BCUT2D eigenvalue weighted by Crippen LogP contribution is 2.28. The highest BCUT2D eigenvalue weighted by Gasteiger charge is 2.20. The van der Waals surface area contributed by atoms with Gasteiger partial charge in [-0.05, 0) is 18.2 Å². The Kier molecular flexibility index (Phi) is 5.82. The summed E-state index contributed by atoms with van der Waals surface area (Å²) in [5.74, 6) is 0.566. The Hall–Kier alpha value is -4.21. The van der Waals surface area contributed by atoms with Gasteiger partial charge in [-0.3, -0.25) is 15.0 Å². The maximum Gasteiger partial charge on any atom is 0.324 e. The van der Waals surface area contributed by atoms with Gasteiger partial charge >= 0.3 is 6.03 Å². The molecule has 0 bridgehead atoms. The molecule has 1 aromatic carbocycles. The Morgan fingerprint density at radius 3 is 2.52 bits per heavy atom. The van der Waals surface area contributed by atoms with Crippen LogP contribution in [0, 0.1) is 5.82 Å². The van der Waals surface area contributed by atoms with Crippen molar-refractivity contribution < 1.29 is 18.4 Å². The lowest BCUT2D eigenvalue weighted by Gasteiger charge is -2.13. The van der Waals surface area contributed by atoms with E-state index in [1.54, 1.807) is 48.3 Å². The number of carbonyl (C=O) groups is 1. The fourth-order valence-electron chi connectivity index (χ4n) is 2.98. The van der Waals surface area contributed by atoms with Crippen molar-refractivity contribution in [2.75, 3.05) is 10.6 Å². The molecule has 0 aliphatic heterocycles. The van der Waals surface area contributed by atoms with Gasteiger partial charge in [-0.2, -0.15) is 5.10 Å². The van der Waals surface area contributed by atoms with Crippen LogP contribution in [0.5, 0.6) is 11.5 Å². The number of benzene rings is 1. The largest absolute Gasteiger partial charge is 0.457 e. The fourth-order valence-corrected chi connectivity index (χ4v) is 2.98. The number of nitrogens with one attached hydrogen (secondary N) is 2. The number of halogens is 1. The normalized spacial score (nSPS) is 11.3. The lowest BCUT2D eigenvalue weighted by molar-refractivity contribution is 0.262. The second-order valence-corrected chi connectivity index (χ2v) is 8.37. The number of nitrogens with zero attached hydrogens (tertiary/aromatic N) is 4. The van der Waals surface area contributed by atoms with Crippen LogP contribution in [0.15, 0.2) is 59.4 Å². The molecular formula is C23H23FN6O3. The van der Waals surface area contributed by atoms with Gasteiger partial charge in [-0.15, -0.1) is 0 Å². The number of hydrogen-bond donors (Lipinski definition) is 2. The van der Waals surface area contributed by atoms with Gasteiger partial charge in [0.25, 0.3) is 0 Å². The first-order chi connectivity index (χ1) is 15.7. The smallest absolute Gasteiger partial charge is 0.324 e. The van der Waals surface area contributed by atoms with Gasteiger partial charge in [-0.1, -0.05) is 25.9 Å². The van der Waals surface area contributed by atoms with E-state index < -0.39 is 11.8 Å². The van der Waals surface area contributed by atoms with E-state index >= 15 is 0 Å². The van der Waals surface area contributed by atoms with Crippen molar-refractivity contribution in [3.8, 4) is 22.9 Å². The summed E-state index contributed by atoms with van der Waals surface area (Å²) in [5.41, 5.74) is 1.79. The summed E-state index contributed by atoms with van der Waals surface area (Å²) in [5, 5.41) is 13.4. The van der Waals surface area contributed by atoms with Gasteiger partial charge in [0.15, 0.2) is 0 Å². The van der Waals surface area contributed by atoms with Crippen molar-refractivity contribution in [2.45, 2.75) is 26.2 Å². The highest BCUT2D eigenvalue weighted by atomic mass is 19.1. The maximum absolute atomic E-state index is 14.6. The molecule has 0 atom stereocenters. The molecule has 33 heavy (non-hydrogen) atoms. The van der Waals surface area contributed by atoms with Crippen molar-refractivity contribution in [1.82, 2.24) is 19.9 Å². The molecule has 0 aliphatic rings. The molecule has 2 N–H and O–H groups in total. The Bertz CT molecular complexity index is 1280. The molecular weight excluding hydrogens is 427 g/mol.